The molecule has 2 aliphatic rings. The number of amides is 1. The maximum atomic E-state index is 11.6. The maximum absolute atomic E-state index is 11.6. The van der Waals surface area contributed by atoms with Crippen LogP contribution in [0.4, 0.5) is 28.6 Å². The third-order valence-electron chi connectivity index (χ3n) is 8.54. The topological polar surface area (TPSA) is 118 Å². The van der Waals surface area contributed by atoms with E-state index < -0.39 is 0 Å². The SMILES string of the molecule is CNc1ccc(-c2cc(Nc3cc(NC=O)c(N4CCC(C5CCN(C)CC5)CC4)cc3OC)ncn2)cc1C=N. The zero-order valence-corrected chi connectivity index (χ0v) is 24.1. The van der Waals surface area contributed by atoms with Crippen molar-refractivity contribution in [2.24, 2.45) is 11.8 Å². The number of rotatable bonds is 10. The van der Waals surface area contributed by atoms with Crippen LogP contribution in [0, 0.1) is 17.2 Å². The number of benzene rings is 2. The van der Waals surface area contributed by atoms with E-state index in [2.05, 4.69) is 42.8 Å². The average molecular weight is 557 g/mol. The molecule has 2 fully saturated rings. The van der Waals surface area contributed by atoms with Crippen molar-refractivity contribution in [2.75, 3.05) is 68.2 Å². The molecule has 41 heavy (non-hydrogen) atoms. The summed E-state index contributed by atoms with van der Waals surface area (Å²) >= 11 is 0. The summed E-state index contributed by atoms with van der Waals surface area (Å²) in [5.41, 5.74) is 5.64. The van der Waals surface area contributed by atoms with Crippen LogP contribution in [0.1, 0.15) is 31.2 Å². The van der Waals surface area contributed by atoms with E-state index in [1.54, 1.807) is 7.11 Å². The van der Waals surface area contributed by atoms with E-state index in [1.807, 2.05) is 43.4 Å². The van der Waals surface area contributed by atoms with Crippen molar-refractivity contribution in [2.45, 2.75) is 25.7 Å². The minimum atomic E-state index is 0.589. The fraction of sp³-hybridized carbons (Fsp3) is 0.419. The van der Waals surface area contributed by atoms with Gasteiger partial charge in [0.05, 0.1) is 29.9 Å². The summed E-state index contributed by atoms with van der Waals surface area (Å²) in [6, 6.07) is 11.6. The summed E-state index contributed by atoms with van der Waals surface area (Å²) in [5, 5.41) is 17.1. The molecule has 0 spiro atoms. The van der Waals surface area contributed by atoms with Crippen LogP contribution in [0.3, 0.4) is 0 Å². The first kappa shape index (κ1) is 28.4. The summed E-state index contributed by atoms with van der Waals surface area (Å²) in [6.07, 6.45) is 8.46. The normalized spacial score (nSPS) is 16.7. The Morgan fingerprint density at radius 1 is 0.951 bits per heavy atom. The van der Waals surface area contributed by atoms with Gasteiger partial charge in [0, 0.05) is 55.3 Å². The van der Waals surface area contributed by atoms with Crippen molar-refractivity contribution < 1.29 is 9.53 Å². The summed E-state index contributed by atoms with van der Waals surface area (Å²) < 4.78 is 5.79. The number of hydrogen-bond acceptors (Lipinski definition) is 9. The molecule has 4 N–H and O–H groups in total. The van der Waals surface area contributed by atoms with E-state index in [4.69, 9.17) is 10.1 Å². The zero-order chi connectivity index (χ0) is 28.8. The highest BCUT2D eigenvalue weighted by Gasteiger charge is 2.30. The molecule has 2 saturated heterocycles. The number of carbonyl (C=O) groups is 1. The van der Waals surface area contributed by atoms with Crippen LogP contribution in [0.25, 0.3) is 11.3 Å². The molecular formula is C31H40N8O2. The summed E-state index contributed by atoms with van der Waals surface area (Å²) in [4.78, 5) is 25.3. The molecule has 0 aliphatic carbocycles. The number of methoxy groups -OCH3 is 1. The van der Waals surface area contributed by atoms with Crippen molar-refractivity contribution in [3.63, 3.8) is 0 Å². The molecule has 1 aromatic heterocycles. The molecule has 3 aromatic rings. The van der Waals surface area contributed by atoms with Crippen LogP contribution in [0.2, 0.25) is 0 Å². The van der Waals surface area contributed by atoms with Crippen LogP contribution >= 0.6 is 0 Å². The number of nitrogens with zero attached hydrogens (tertiary/aromatic N) is 4. The molecule has 3 heterocycles. The van der Waals surface area contributed by atoms with Crippen LogP contribution in [-0.4, -0.2) is 74.9 Å². The molecule has 216 valence electrons. The number of carbonyl (C=O) groups excluding carboxylic acids is 1. The lowest BCUT2D eigenvalue weighted by molar-refractivity contribution is -0.105. The lowest BCUT2D eigenvalue weighted by atomic mass is 9.79. The van der Waals surface area contributed by atoms with Crippen LogP contribution in [0.5, 0.6) is 5.75 Å². The number of piperidine rings is 2. The first-order valence-corrected chi connectivity index (χ1v) is 14.3. The fourth-order valence-corrected chi connectivity index (χ4v) is 6.18. The molecule has 5 rings (SSSR count). The number of nitrogens with one attached hydrogen (secondary N) is 4. The number of likely N-dealkylation sites (tertiary alicyclic amines) is 1. The Balaban J connectivity index is 1.35. The molecule has 0 radical (unpaired) electrons. The molecular weight excluding hydrogens is 516 g/mol. The smallest absolute Gasteiger partial charge is 0.211 e. The Morgan fingerprint density at radius 2 is 1.68 bits per heavy atom. The van der Waals surface area contributed by atoms with Gasteiger partial charge in [-0.3, -0.25) is 4.79 Å². The molecule has 0 bridgehead atoms. The monoisotopic (exact) mass is 556 g/mol. The van der Waals surface area contributed by atoms with Crippen LogP contribution in [-0.2, 0) is 4.79 Å². The minimum absolute atomic E-state index is 0.589. The molecule has 1 amide bonds. The lowest BCUT2D eigenvalue weighted by Gasteiger charge is -2.40. The summed E-state index contributed by atoms with van der Waals surface area (Å²) in [5.74, 6) is 2.84. The Hall–Kier alpha value is -4.18. The van der Waals surface area contributed by atoms with Gasteiger partial charge in [-0.15, -0.1) is 0 Å². The van der Waals surface area contributed by atoms with Gasteiger partial charge in [0.25, 0.3) is 0 Å². The highest BCUT2D eigenvalue weighted by molar-refractivity contribution is 5.89. The van der Waals surface area contributed by atoms with Gasteiger partial charge in [-0.05, 0) is 75.9 Å². The largest absolute Gasteiger partial charge is 0.494 e. The van der Waals surface area contributed by atoms with E-state index in [0.717, 1.165) is 78.1 Å². The highest BCUT2D eigenvalue weighted by Crippen LogP contribution is 2.41. The van der Waals surface area contributed by atoms with Gasteiger partial charge in [-0.2, -0.15) is 0 Å². The van der Waals surface area contributed by atoms with Gasteiger partial charge in [-0.1, -0.05) is 6.07 Å². The second-order valence-corrected chi connectivity index (χ2v) is 10.9. The third kappa shape index (κ3) is 6.43. The average Bonchev–Trinajstić information content (AvgIpc) is 3.01. The van der Waals surface area contributed by atoms with Gasteiger partial charge in [-0.25, -0.2) is 9.97 Å². The molecule has 10 nitrogen and oxygen atoms in total. The predicted molar refractivity (Wildman–Crippen MR) is 166 cm³/mol. The number of ether oxygens (including phenoxy) is 1. The van der Waals surface area contributed by atoms with Crippen molar-refractivity contribution in [3.05, 3.63) is 48.3 Å². The fourth-order valence-electron chi connectivity index (χ4n) is 6.18. The number of anilines is 5. The Bertz CT molecular complexity index is 1360. The number of hydrogen-bond donors (Lipinski definition) is 4. The maximum Gasteiger partial charge on any atom is 0.211 e. The van der Waals surface area contributed by atoms with E-state index in [9.17, 15) is 4.79 Å². The van der Waals surface area contributed by atoms with E-state index in [0.29, 0.717) is 17.3 Å². The van der Waals surface area contributed by atoms with E-state index in [1.165, 1.54) is 38.5 Å². The first-order valence-electron chi connectivity index (χ1n) is 14.3. The Kier molecular flexibility index (Phi) is 8.98. The third-order valence-corrected chi connectivity index (χ3v) is 8.54. The summed E-state index contributed by atoms with van der Waals surface area (Å²) in [7, 11) is 5.70. The minimum Gasteiger partial charge on any atom is -0.494 e. The van der Waals surface area contributed by atoms with Gasteiger partial charge in [0.1, 0.15) is 17.9 Å². The van der Waals surface area contributed by atoms with Crippen molar-refractivity contribution >= 4 is 41.2 Å². The molecule has 2 aromatic carbocycles. The van der Waals surface area contributed by atoms with E-state index >= 15 is 0 Å². The Morgan fingerprint density at radius 3 is 2.34 bits per heavy atom. The molecule has 10 heteroatoms. The van der Waals surface area contributed by atoms with Crippen molar-refractivity contribution in [1.82, 2.24) is 14.9 Å². The first-order chi connectivity index (χ1) is 20.0. The lowest BCUT2D eigenvalue weighted by Crippen LogP contribution is -2.40. The zero-order valence-electron chi connectivity index (χ0n) is 24.1. The Labute approximate surface area is 242 Å². The second kappa shape index (κ2) is 13.0. The second-order valence-electron chi connectivity index (χ2n) is 10.9. The van der Waals surface area contributed by atoms with Gasteiger partial charge in [0.2, 0.25) is 6.41 Å². The van der Waals surface area contributed by atoms with Gasteiger partial charge >= 0.3 is 0 Å². The number of aromatic nitrogens is 2. The molecule has 0 saturated carbocycles. The van der Waals surface area contributed by atoms with Crippen molar-refractivity contribution in [1.29, 1.82) is 5.41 Å². The standard InChI is InChI=1S/C31H40N8O2/c1-33-25-5-4-23(14-24(25)18-32)26-16-31(35-19-34-26)37-28-15-27(36-20-40)29(17-30(28)41-3)39-12-8-22(9-13-39)21-6-10-38(2)11-7-21/h4-5,14-22,32-33H,6-13H2,1-3H3,(H,36,40)(H,34,35,37). The van der Waals surface area contributed by atoms with Crippen LogP contribution < -0.4 is 25.6 Å². The predicted octanol–water partition coefficient (Wildman–Crippen LogP) is 5.06. The molecule has 0 atom stereocenters. The van der Waals surface area contributed by atoms with Gasteiger partial charge < -0.3 is 35.9 Å². The van der Waals surface area contributed by atoms with Gasteiger partial charge in [0.15, 0.2) is 0 Å². The quantitative estimate of drug-likeness (QED) is 0.202. The molecule has 0 unspecified atom stereocenters. The summed E-state index contributed by atoms with van der Waals surface area (Å²) in [6.45, 7) is 4.32. The molecule has 2 aliphatic heterocycles. The van der Waals surface area contributed by atoms with Crippen LogP contribution in [0.15, 0.2) is 42.7 Å². The van der Waals surface area contributed by atoms with E-state index in [-0.39, 0.29) is 0 Å². The highest BCUT2D eigenvalue weighted by atomic mass is 16.5. The van der Waals surface area contributed by atoms with Crippen molar-refractivity contribution in [3.8, 4) is 17.0 Å².